The molecule has 0 atom stereocenters. The van der Waals surface area contributed by atoms with Crippen molar-refractivity contribution in [2.75, 3.05) is 9.80 Å². The van der Waals surface area contributed by atoms with Gasteiger partial charge in [0.2, 0.25) is 0 Å². The fourth-order valence-electron chi connectivity index (χ4n) is 6.30. The fraction of sp³-hybridized carbons (Fsp3) is 0.279. The van der Waals surface area contributed by atoms with Crippen molar-refractivity contribution >= 4 is 44.6 Å². The Hall–Kier alpha value is -3.76. The molecule has 247 valence electrons. The first-order chi connectivity index (χ1) is 25.5. The van der Waals surface area contributed by atoms with Gasteiger partial charge in [-0.25, -0.2) is 0 Å². The van der Waals surface area contributed by atoms with E-state index in [1.54, 1.807) is 0 Å². The van der Waals surface area contributed by atoms with Crippen LogP contribution >= 0.6 is 0 Å². The van der Waals surface area contributed by atoms with Gasteiger partial charge < -0.3 is 14.8 Å². The molecule has 1 radical (unpaired) electrons. The Morgan fingerprint density at radius 1 is 0.511 bits per heavy atom. The van der Waals surface area contributed by atoms with E-state index in [1.807, 2.05) is 0 Å². The summed E-state index contributed by atoms with van der Waals surface area (Å²) in [6.07, 6.45) is 0. The molecule has 5 aromatic carbocycles. The molecule has 0 amide bonds. The van der Waals surface area contributed by atoms with Crippen LogP contribution in [0.2, 0.25) is 0 Å². The van der Waals surface area contributed by atoms with Crippen LogP contribution in [-0.2, 0) is 22.4 Å². The van der Waals surface area contributed by atoms with Crippen LogP contribution in [-0.4, -0.2) is 0 Å². The van der Waals surface area contributed by atoms with Gasteiger partial charge in [-0.05, 0) is 68.8 Å². The van der Waals surface area contributed by atoms with Crippen molar-refractivity contribution in [3.05, 3.63) is 138 Å². The third kappa shape index (κ3) is 6.67. The minimum Gasteiger partial charge on any atom is -0.657 e. The molecule has 1 aliphatic rings. The van der Waals surface area contributed by atoms with Gasteiger partial charge in [0.1, 0.15) is 0 Å². The van der Waals surface area contributed by atoms with E-state index < -0.39 is 24.2 Å². The number of rotatable bonds is 6. The molecule has 0 N–H and O–H groups in total. The first kappa shape index (κ1) is 25.3. The molecule has 0 fully saturated rings. The van der Waals surface area contributed by atoms with Crippen LogP contribution in [0.1, 0.15) is 112 Å². The van der Waals surface area contributed by atoms with Gasteiger partial charge >= 0.3 is 0 Å². The number of hydrogen-bond acceptors (Lipinski definition) is 2. The SMILES string of the molecule is CC(C)c1cccc(C(C)C)c1N1[CH-]N(c2c(C(C)C)cccc2C(C)C)c2ccccc21.[2H]c1c([2H])c([2H])c2c([n-]c3c([2H])c([2H])c([2H])c([2H])c32)c1[2H].[Au]. The zero-order valence-electron chi connectivity index (χ0n) is 36.3. The van der Waals surface area contributed by atoms with Crippen molar-refractivity contribution in [1.82, 2.24) is 4.98 Å². The van der Waals surface area contributed by atoms with E-state index in [1.165, 1.54) is 45.0 Å². The first-order valence-electron chi connectivity index (χ1n) is 20.2. The van der Waals surface area contributed by atoms with Crippen molar-refractivity contribution in [1.29, 1.82) is 0 Å². The van der Waals surface area contributed by atoms with Gasteiger partial charge in [0.25, 0.3) is 0 Å². The van der Waals surface area contributed by atoms with Crippen molar-refractivity contribution in [3.63, 3.8) is 0 Å². The summed E-state index contributed by atoms with van der Waals surface area (Å²) in [5, 5.41) is 0.0611. The number of benzene rings is 5. The molecule has 7 rings (SSSR count). The summed E-state index contributed by atoms with van der Waals surface area (Å²) in [5.74, 6) is 1.79. The van der Waals surface area contributed by atoms with Crippen molar-refractivity contribution in [2.24, 2.45) is 0 Å². The number of hydrogen-bond donors (Lipinski definition) is 0. The van der Waals surface area contributed by atoms with Crippen LogP contribution in [0.25, 0.3) is 21.8 Å². The standard InChI is InChI=1S/C31H39N2.C12H8N.Au/c1-20(2)24-13-11-14-25(21(3)4)30(24)32-19-33(29-18-10-9-17-28(29)32)31-26(22(5)6)15-12-16-27(31)23(7)8;1-3-7-11-9(5-1)10-6-2-4-8-12(10)13-11;/h9-23H,1-8H3;1-8H;/q2*-1;/i;1D,2D,3D,4D,5D,6D,7D,8D;. The number of anilines is 4. The van der Waals surface area contributed by atoms with Crippen LogP contribution < -0.4 is 14.8 Å². The van der Waals surface area contributed by atoms with Gasteiger partial charge in [-0.15, -0.1) is 17.7 Å². The molecule has 0 spiro atoms. The smallest absolute Gasteiger partial charge is 0.0629 e. The first-order valence-corrected chi connectivity index (χ1v) is 16.2. The largest absolute Gasteiger partial charge is 0.657 e. The number of nitrogens with zero attached hydrogens (tertiary/aromatic N) is 3. The average molecular weight is 811 g/mol. The minimum atomic E-state index is -0.450. The molecule has 6 aromatic rings. The van der Waals surface area contributed by atoms with Crippen LogP contribution in [0.3, 0.4) is 0 Å². The summed E-state index contributed by atoms with van der Waals surface area (Å²) in [4.78, 5) is 8.91. The third-order valence-electron chi connectivity index (χ3n) is 8.61. The predicted molar refractivity (Wildman–Crippen MR) is 199 cm³/mol. The van der Waals surface area contributed by atoms with Crippen LogP contribution in [0.4, 0.5) is 22.7 Å². The van der Waals surface area contributed by atoms with Crippen molar-refractivity contribution < 1.29 is 33.3 Å². The Balaban J connectivity index is 0.000000227. The van der Waals surface area contributed by atoms with Gasteiger partial charge in [0, 0.05) is 45.1 Å². The molecule has 0 bridgehead atoms. The summed E-state index contributed by atoms with van der Waals surface area (Å²) in [6, 6.07) is 19.3. The Morgan fingerprint density at radius 3 is 1.19 bits per heavy atom. The maximum atomic E-state index is 7.93. The monoisotopic (exact) mass is 810 g/mol. The summed E-state index contributed by atoms with van der Waals surface area (Å²) in [7, 11) is 0. The quantitative estimate of drug-likeness (QED) is 0.123. The molecule has 0 aliphatic carbocycles. The van der Waals surface area contributed by atoms with E-state index in [2.05, 4.69) is 138 Å². The molecule has 0 unspecified atom stereocenters. The van der Waals surface area contributed by atoms with E-state index in [-0.39, 0.29) is 68.4 Å². The molecule has 1 aliphatic heterocycles. The van der Waals surface area contributed by atoms with Crippen molar-refractivity contribution in [3.8, 4) is 0 Å². The molecule has 1 aromatic heterocycles. The van der Waals surface area contributed by atoms with Gasteiger partial charge in [-0.2, -0.15) is 0 Å². The predicted octanol–water partition coefficient (Wildman–Crippen LogP) is 12.5. The minimum absolute atomic E-state index is 0. The Bertz CT molecular complexity index is 2190. The summed E-state index contributed by atoms with van der Waals surface area (Å²) >= 11 is 0. The van der Waals surface area contributed by atoms with E-state index >= 15 is 0 Å². The van der Waals surface area contributed by atoms with Crippen LogP contribution in [0.5, 0.6) is 0 Å². The third-order valence-corrected chi connectivity index (χ3v) is 8.61. The molecule has 4 heteroatoms. The normalized spacial score (nSPS) is 15.1. The van der Waals surface area contributed by atoms with E-state index in [0.717, 1.165) is 0 Å². The fourth-order valence-corrected chi connectivity index (χ4v) is 6.30. The molecule has 0 saturated carbocycles. The zero-order valence-corrected chi connectivity index (χ0v) is 30.5. The van der Waals surface area contributed by atoms with E-state index in [4.69, 9.17) is 11.0 Å². The molecule has 0 saturated heterocycles. The maximum absolute atomic E-state index is 7.93. The van der Waals surface area contributed by atoms with Crippen molar-refractivity contribution in [2.45, 2.75) is 79.1 Å². The van der Waals surface area contributed by atoms with Gasteiger partial charge in [0.05, 0.1) is 11.0 Å². The van der Waals surface area contributed by atoms with Gasteiger partial charge in [-0.1, -0.05) is 152 Å². The molecule has 3 nitrogen and oxygen atoms in total. The second kappa shape index (κ2) is 14.6. The molecular formula is C43H47AuN3-2. The van der Waals surface area contributed by atoms with E-state index in [9.17, 15) is 0 Å². The van der Waals surface area contributed by atoms with Gasteiger partial charge in [-0.3, -0.25) is 0 Å². The molecule has 2 heterocycles. The van der Waals surface area contributed by atoms with Gasteiger partial charge in [0.15, 0.2) is 0 Å². The number of para-hydroxylation sites is 6. The Labute approximate surface area is 308 Å². The Kier molecular flexibility index (Phi) is 7.83. The average Bonchev–Trinajstić information content (AvgIpc) is 3.74. The molecule has 47 heavy (non-hydrogen) atoms. The topological polar surface area (TPSA) is 20.6 Å². The molecular weight excluding hydrogens is 755 g/mol. The zero-order chi connectivity index (χ0) is 39.5. The second-order valence-corrected chi connectivity index (χ2v) is 13.1. The van der Waals surface area contributed by atoms with Crippen LogP contribution in [0.15, 0.2) is 109 Å². The summed E-state index contributed by atoms with van der Waals surface area (Å²) in [6.45, 7) is 20.7. The maximum Gasteiger partial charge on any atom is 0.0629 e. The number of fused-ring (bicyclic) bond motifs is 4. The second-order valence-electron chi connectivity index (χ2n) is 13.1. The summed E-state index contributed by atoms with van der Waals surface area (Å²) < 4.78 is 62.2. The van der Waals surface area contributed by atoms with E-state index in [0.29, 0.717) is 23.7 Å². The summed E-state index contributed by atoms with van der Waals surface area (Å²) in [5.41, 5.74) is 10.7. The number of aromatic nitrogens is 1. The van der Waals surface area contributed by atoms with Crippen LogP contribution in [0, 0.1) is 6.67 Å². The Morgan fingerprint density at radius 2 is 0.851 bits per heavy atom.